The number of hydrogen-bond donors (Lipinski definition) is 2. The minimum Gasteiger partial charge on any atom is -0.480 e. The molecular formula is C9H18N2O4S. The summed E-state index contributed by atoms with van der Waals surface area (Å²) in [6.07, 6.45) is 1.67. The Morgan fingerprint density at radius 1 is 1.31 bits per heavy atom. The normalized spacial score (nSPS) is 20.2. The van der Waals surface area contributed by atoms with E-state index in [1.54, 1.807) is 13.8 Å². The van der Waals surface area contributed by atoms with E-state index in [2.05, 4.69) is 4.72 Å². The first kappa shape index (κ1) is 13.4. The van der Waals surface area contributed by atoms with Crippen molar-refractivity contribution >= 4 is 16.2 Å². The van der Waals surface area contributed by atoms with Crippen LogP contribution in [-0.2, 0) is 15.0 Å². The van der Waals surface area contributed by atoms with E-state index in [4.69, 9.17) is 5.11 Å². The fourth-order valence-electron chi connectivity index (χ4n) is 1.64. The zero-order valence-corrected chi connectivity index (χ0v) is 10.3. The summed E-state index contributed by atoms with van der Waals surface area (Å²) >= 11 is 0. The summed E-state index contributed by atoms with van der Waals surface area (Å²) in [6, 6.07) is -1.06. The average Bonchev–Trinajstić information content (AvgIpc) is 2.66. The maximum atomic E-state index is 11.8. The van der Waals surface area contributed by atoms with Gasteiger partial charge in [-0.25, -0.2) is 0 Å². The SMILES string of the molecule is CC(C)C(NS(=O)(=O)N1CCCC1)C(=O)O. The summed E-state index contributed by atoms with van der Waals surface area (Å²) in [5.41, 5.74) is 0. The van der Waals surface area contributed by atoms with Crippen molar-refractivity contribution in [3.63, 3.8) is 0 Å². The maximum Gasteiger partial charge on any atom is 0.322 e. The number of aliphatic carboxylic acids is 1. The van der Waals surface area contributed by atoms with E-state index in [0.29, 0.717) is 13.1 Å². The molecule has 94 valence electrons. The molecule has 0 aliphatic carbocycles. The number of hydrogen-bond acceptors (Lipinski definition) is 3. The lowest BCUT2D eigenvalue weighted by Gasteiger charge is -2.22. The first-order valence-corrected chi connectivity index (χ1v) is 6.79. The van der Waals surface area contributed by atoms with Crippen LogP contribution >= 0.6 is 0 Å². The molecular weight excluding hydrogens is 232 g/mol. The molecule has 1 unspecified atom stereocenters. The molecule has 16 heavy (non-hydrogen) atoms. The van der Waals surface area contributed by atoms with Crippen LogP contribution in [0.5, 0.6) is 0 Å². The summed E-state index contributed by atoms with van der Waals surface area (Å²) in [5.74, 6) is -1.42. The van der Waals surface area contributed by atoms with E-state index >= 15 is 0 Å². The first-order chi connectivity index (χ1) is 7.34. The molecule has 0 bridgehead atoms. The lowest BCUT2D eigenvalue weighted by molar-refractivity contribution is -0.140. The Morgan fingerprint density at radius 2 is 1.81 bits per heavy atom. The van der Waals surface area contributed by atoms with Crippen LogP contribution in [0.4, 0.5) is 0 Å². The van der Waals surface area contributed by atoms with Gasteiger partial charge in [0.15, 0.2) is 0 Å². The average molecular weight is 250 g/mol. The molecule has 0 spiro atoms. The Balaban J connectivity index is 2.73. The molecule has 0 amide bonds. The molecule has 6 nitrogen and oxygen atoms in total. The number of carboxylic acid groups (broad SMARTS) is 1. The van der Waals surface area contributed by atoms with Gasteiger partial charge in [0.2, 0.25) is 0 Å². The molecule has 1 rings (SSSR count). The van der Waals surface area contributed by atoms with E-state index < -0.39 is 22.2 Å². The van der Waals surface area contributed by atoms with Gasteiger partial charge in [0.25, 0.3) is 10.2 Å². The summed E-state index contributed by atoms with van der Waals surface area (Å²) in [4.78, 5) is 10.9. The fraction of sp³-hybridized carbons (Fsp3) is 0.889. The van der Waals surface area contributed by atoms with Crippen LogP contribution in [0.25, 0.3) is 0 Å². The minimum absolute atomic E-state index is 0.283. The van der Waals surface area contributed by atoms with Gasteiger partial charge in [-0.2, -0.15) is 17.4 Å². The van der Waals surface area contributed by atoms with E-state index in [-0.39, 0.29) is 5.92 Å². The maximum absolute atomic E-state index is 11.8. The smallest absolute Gasteiger partial charge is 0.322 e. The van der Waals surface area contributed by atoms with Crippen LogP contribution in [-0.4, -0.2) is 42.9 Å². The van der Waals surface area contributed by atoms with Crippen LogP contribution in [0.3, 0.4) is 0 Å². The highest BCUT2D eigenvalue weighted by atomic mass is 32.2. The van der Waals surface area contributed by atoms with Crippen LogP contribution < -0.4 is 4.72 Å². The highest BCUT2D eigenvalue weighted by Gasteiger charge is 2.32. The van der Waals surface area contributed by atoms with Gasteiger partial charge in [0.05, 0.1) is 0 Å². The lowest BCUT2D eigenvalue weighted by Crippen LogP contribution is -2.49. The van der Waals surface area contributed by atoms with Gasteiger partial charge in [-0.05, 0) is 18.8 Å². The van der Waals surface area contributed by atoms with Gasteiger partial charge in [-0.15, -0.1) is 0 Å². The molecule has 0 aromatic rings. The quantitative estimate of drug-likeness (QED) is 0.720. The van der Waals surface area contributed by atoms with Crippen LogP contribution in [0.2, 0.25) is 0 Å². The monoisotopic (exact) mass is 250 g/mol. The molecule has 0 radical (unpaired) electrons. The molecule has 1 aliphatic rings. The third-order valence-electron chi connectivity index (χ3n) is 2.61. The van der Waals surface area contributed by atoms with Gasteiger partial charge in [-0.1, -0.05) is 13.8 Å². The number of nitrogens with zero attached hydrogens (tertiary/aromatic N) is 1. The highest BCUT2D eigenvalue weighted by Crippen LogP contribution is 2.13. The lowest BCUT2D eigenvalue weighted by atomic mass is 10.1. The predicted molar refractivity (Wildman–Crippen MR) is 59.1 cm³/mol. The van der Waals surface area contributed by atoms with E-state index in [9.17, 15) is 13.2 Å². The van der Waals surface area contributed by atoms with Crippen molar-refractivity contribution < 1.29 is 18.3 Å². The van der Waals surface area contributed by atoms with Gasteiger partial charge in [0, 0.05) is 13.1 Å². The molecule has 1 saturated heterocycles. The molecule has 7 heteroatoms. The standard InChI is InChI=1S/C9H18N2O4S/c1-7(2)8(9(12)13)10-16(14,15)11-5-3-4-6-11/h7-8,10H,3-6H2,1-2H3,(H,12,13). The topological polar surface area (TPSA) is 86.7 Å². The van der Waals surface area contributed by atoms with Crippen molar-refractivity contribution in [3.8, 4) is 0 Å². The number of nitrogens with one attached hydrogen (secondary N) is 1. The third kappa shape index (κ3) is 3.16. The van der Waals surface area contributed by atoms with E-state index in [1.807, 2.05) is 0 Å². The summed E-state index contributed by atoms with van der Waals surface area (Å²) in [6.45, 7) is 4.29. The number of rotatable bonds is 5. The van der Waals surface area contributed by atoms with Crippen molar-refractivity contribution in [1.29, 1.82) is 0 Å². The summed E-state index contributed by atoms with van der Waals surface area (Å²) < 4.78 is 27.1. The second kappa shape index (κ2) is 5.11. The Labute approximate surface area is 95.8 Å². The zero-order valence-electron chi connectivity index (χ0n) is 9.51. The Kier molecular flexibility index (Phi) is 4.28. The Morgan fingerprint density at radius 3 is 2.19 bits per heavy atom. The second-order valence-electron chi connectivity index (χ2n) is 4.29. The van der Waals surface area contributed by atoms with Crippen molar-refractivity contribution in [2.24, 2.45) is 5.92 Å². The predicted octanol–water partition coefficient (Wildman–Crippen LogP) is 0.0258. The first-order valence-electron chi connectivity index (χ1n) is 5.35. The van der Waals surface area contributed by atoms with Crippen LogP contribution in [0.15, 0.2) is 0 Å². The zero-order chi connectivity index (χ0) is 12.3. The fourth-order valence-corrected chi connectivity index (χ4v) is 3.22. The molecule has 1 atom stereocenters. The Bertz CT molecular complexity index is 347. The number of carboxylic acids is 1. The van der Waals surface area contributed by atoms with Gasteiger partial charge < -0.3 is 5.11 Å². The molecule has 1 fully saturated rings. The van der Waals surface area contributed by atoms with Crippen molar-refractivity contribution in [2.45, 2.75) is 32.7 Å². The highest BCUT2D eigenvalue weighted by molar-refractivity contribution is 7.87. The Hall–Kier alpha value is -0.660. The molecule has 1 aliphatic heterocycles. The molecule has 0 aromatic heterocycles. The molecule has 1 heterocycles. The van der Waals surface area contributed by atoms with Gasteiger partial charge in [-0.3, -0.25) is 4.79 Å². The van der Waals surface area contributed by atoms with Gasteiger partial charge >= 0.3 is 5.97 Å². The van der Waals surface area contributed by atoms with Crippen molar-refractivity contribution in [1.82, 2.24) is 9.03 Å². The number of carbonyl (C=O) groups is 1. The summed E-state index contributed by atoms with van der Waals surface area (Å²) in [5, 5.41) is 8.90. The molecule has 0 aromatic carbocycles. The van der Waals surface area contributed by atoms with Crippen LogP contribution in [0, 0.1) is 5.92 Å². The van der Waals surface area contributed by atoms with E-state index in [0.717, 1.165) is 12.8 Å². The van der Waals surface area contributed by atoms with Gasteiger partial charge in [0.1, 0.15) is 6.04 Å². The summed E-state index contributed by atoms with van der Waals surface area (Å²) in [7, 11) is -3.65. The van der Waals surface area contributed by atoms with Crippen molar-refractivity contribution in [2.75, 3.05) is 13.1 Å². The second-order valence-corrected chi connectivity index (χ2v) is 5.99. The third-order valence-corrected chi connectivity index (χ3v) is 4.21. The largest absolute Gasteiger partial charge is 0.480 e. The minimum atomic E-state index is -3.65. The van der Waals surface area contributed by atoms with Crippen LogP contribution in [0.1, 0.15) is 26.7 Å². The molecule has 0 saturated carbocycles. The molecule has 2 N–H and O–H groups in total. The van der Waals surface area contributed by atoms with Crippen molar-refractivity contribution in [3.05, 3.63) is 0 Å². The van der Waals surface area contributed by atoms with E-state index in [1.165, 1.54) is 4.31 Å².